The Morgan fingerprint density at radius 1 is 1.07 bits per heavy atom. The average Bonchev–Trinajstić information content (AvgIpc) is 2.61. The van der Waals surface area contributed by atoms with E-state index in [0.29, 0.717) is 0 Å². The largest absolute Gasteiger partial charge is 0.573 e. The number of likely N-dealkylation sites (N-methyl/N-ethyl adjacent to an activating group) is 1. The normalized spacial score (nSPS) is 11.3. The van der Waals surface area contributed by atoms with Crippen molar-refractivity contribution in [2.45, 2.75) is 6.36 Å². The van der Waals surface area contributed by atoms with Crippen molar-refractivity contribution < 1.29 is 27.5 Å². The number of hydrogen-bond acceptors (Lipinski definition) is 3. The number of benzene rings is 2. The van der Waals surface area contributed by atoms with E-state index in [-0.39, 0.29) is 23.9 Å². The second kappa shape index (κ2) is 8.88. The standard InChI is InChI=1S/C19H17F3N2O3/c1-24(18(26)12-7-14-5-3-2-4-6-14)13-17(25)23-15-8-10-16(11-9-15)27-19(20,21)22/h2-12H,13H2,1H3,(H,23,25)/b12-7+. The molecule has 0 unspecified atom stereocenters. The topological polar surface area (TPSA) is 58.6 Å². The lowest BCUT2D eigenvalue weighted by molar-refractivity contribution is -0.274. The third-order valence-electron chi connectivity index (χ3n) is 3.35. The van der Waals surface area contributed by atoms with E-state index in [1.807, 2.05) is 30.3 Å². The minimum atomic E-state index is -4.78. The Labute approximate surface area is 154 Å². The lowest BCUT2D eigenvalue weighted by Gasteiger charge is -2.15. The van der Waals surface area contributed by atoms with Gasteiger partial charge in [-0.3, -0.25) is 9.59 Å². The van der Waals surface area contributed by atoms with Crippen molar-refractivity contribution in [1.29, 1.82) is 0 Å². The van der Waals surface area contributed by atoms with Crippen molar-refractivity contribution in [3.63, 3.8) is 0 Å². The fraction of sp³-hybridized carbons (Fsp3) is 0.158. The van der Waals surface area contributed by atoms with Gasteiger partial charge in [0.2, 0.25) is 11.8 Å². The molecule has 0 heterocycles. The molecular formula is C19H17F3N2O3. The number of carbonyl (C=O) groups excluding carboxylic acids is 2. The van der Waals surface area contributed by atoms with Crippen LogP contribution >= 0.6 is 0 Å². The number of carbonyl (C=O) groups is 2. The lowest BCUT2D eigenvalue weighted by Crippen LogP contribution is -2.33. The first-order chi connectivity index (χ1) is 12.7. The minimum Gasteiger partial charge on any atom is -0.406 e. The number of ether oxygens (including phenoxy) is 1. The third-order valence-corrected chi connectivity index (χ3v) is 3.35. The van der Waals surface area contributed by atoms with Crippen LogP contribution in [0.3, 0.4) is 0 Å². The van der Waals surface area contributed by atoms with Crippen LogP contribution in [0, 0.1) is 0 Å². The molecule has 0 aromatic heterocycles. The smallest absolute Gasteiger partial charge is 0.406 e. The van der Waals surface area contributed by atoms with Crippen LogP contribution < -0.4 is 10.1 Å². The molecule has 0 saturated heterocycles. The fourth-order valence-corrected chi connectivity index (χ4v) is 2.09. The summed E-state index contributed by atoms with van der Waals surface area (Å²) in [6.07, 6.45) is -1.79. The van der Waals surface area contributed by atoms with Crippen molar-refractivity contribution in [3.05, 3.63) is 66.2 Å². The number of halogens is 3. The van der Waals surface area contributed by atoms with Gasteiger partial charge in [-0.15, -0.1) is 13.2 Å². The zero-order valence-electron chi connectivity index (χ0n) is 14.4. The molecule has 0 aliphatic carbocycles. The number of rotatable bonds is 6. The zero-order chi connectivity index (χ0) is 19.9. The molecule has 2 aromatic rings. The highest BCUT2D eigenvalue weighted by atomic mass is 19.4. The van der Waals surface area contributed by atoms with Gasteiger partial charge >= 0.3 is 6.36 Å². The molecule has 8 heteroatoms. The molecule has 0 aliphatic rings. The fourth-order valence-electron chi connectivity index (χ4n) is 2.09. The van der Waals surface area contributed by atoms with Crippen LogP contribution in [0.1, 0.15) is 5.56 Å². The third kappa shape index (κ3) is 7.23. The molecule has 2 amide bonds. The number of hydrogen-bond donors (Lipinski definition) is 1. The molecule has 0 spiro atoms. The van der Waals surface area contributed by atoms with Gasteiger partial charge in [0, 0.05) is 18.8 Å². The second-order valence-corrected chi connectivity index (χ2v) is 5.56. The van der Waals surface area contributed by atoms with Crippen LogP contribution in [-0.4, -0.2) is 36.7 Å². The number of alkyl halides is 3. The predicted octanol–water partition coefficient (Wildman–Crippen LogP) is 3.70. The van der Waals surface area contributed by atoms with E-state index in [4.69, 9.17) is 0 Å². The average molecular weight is 378 g/mol. The van der Waals surface area contributed by atoms with Gasteiger partial charge in [-0.2, -0.15) is 0 Å². The Kier molecular flexibility index (Phi) is 6.59. The maximum absolute atomic E-state index is 12.1. The van der Waals surface area contributed by atoms with Crippen molar-refractivity contribution in [2.75, 3.05) is 18.9 Å². The summed E-state index contributed by atoms with van der Waals surface area (Å²) in [5.41, 5.74) is 1.14. The van der Waals surface area contributed by atoms with Crippen molar-refractivity contribution in [2.24, 2.45) is 0 Å². The summed E-state index contributed by atoms with van der Waals surface area (Å²) < 4.78 is 40.1. The predicted molar refractivity (Wildman–Crippen MR) is 94.9 cm³/mol. The van der Waals surface area contributed by atoms with E-state index in [1.165, 1.54) is 30.2 Å². The summed E-state index contributed by atoms with van der Waals surface area (Å²) >= 11 is 0. The number of amides is 2. The highest BCUT2D eigenvalue weighted by Gasteiger charge is 2.30. The molecule has 0 radical (unpaired) electrons. The Balaban J connectivity index is 1.85. The second-order valence-electron chi connectivity index (χ2n) is 5.56. The molecule has 27 heavy (non-hydrogen) atoms. The molecule has 1 N–H and O–H groups in total. The van der Waals surface area contributed by atoms with Crippen molar-refractivity contribution >= 4 is 23.6 Å². The van der Waals surface area contributed by atoms with E-state index in [2.05, 4.69) is 10.1 Å². The molecule has 0 aliphatic heterocycles. The number of nitrogens with one attached hydrogen (secondary N) is 1. The summed E-state index contributed by atoms with van der Waals surface area (Å²) in [5.74, 6) is -1.23. The van der Waals surface area contributed by atoms with Crippen LogP contribution in [-0.2, 0) is 9.59 Å². The highest BCUT2D eigenvalue weighted by molar-refractivity contribution is 5.97. The molecule has 142 valence electrons. The van der Waals surface area contributed by atoms with Crippen LogP contribution in [0.15, 0.2) is 60.7 Å². The molecule has 0 bridgehead atoms. The number of nitrogens with zero attached hydrogens (tertiary/aromatic N) is 1. The highest BCUT2D eigenvalue weighted by Crippen LogP contribution is 2.23. The van der Waals surface area contributed by atoms with Crippen LogP contribution in [0.25, 0.3) is 6.08 Å². The van der Waals surface area contributed by atoms with E-state index in [1.54, 1.807) is 6.08 Å². The first-order valence-corrected chi connectivity index (χ1v) is 7.87. The molecular weight excluding hydrogens is 361 g/mol. The first kappa shape index (κ1) is 20.0. The van der Waals surface area contributed by atoms with Crippen molar-refractivity contribution in [1.82, 2.24) is 4.90 Å². The lowest BCUT2D eigenvalue weighted by atomic mass is 10.2. The Morgan fingerprint density at radius 2 is 1.70 bits per heavy atom. The molecule has 5 nitrogen and oxygen atoms in total. The Morgan fingerprint density at radius 3 is 2.30 bits per heavy atom. The minimum absolute atomic E-state index is 0.210. The summed E-state index contributed by atoms with van der Waals surface area (Å²) in [6, 6.07) is 13.9. The Hall–Kier alpha value is -3.29. The van der Waals surface area contributed by atoms with E-state index >= 15 is 0 Å². The first-order valence-electron chi connectivity index (χ1n) is 7.87. The monoisotopic (exact) mass is 378 g/mol. The van der Waals surface area contributed by atoms with Gasteiger partial charge in [-0.25, -0.2) is 0 Å². The van der Waals surface area contributed by atoms with E-state index in [0.717, 1.165) is 17.7 Å². The Bertz CT molecular complexity index is 803. The van der Waals surface area contributed by atoms with Crippen LogP contribution in [0.4, 0.5) is 18.9 Å². The van der Waals surface area contributed by atoms with Crippen LogP contribution in [0.5, 0.6) is 5.75 Å². The van der Waals surface area contributed by atoms with Gasteiger partial charge in [0.05, 0.1) is 6.54 Å². The van der Waals surface area contributed by atoms with Gasteiger partial charge in [0.15, 0.2) is 0 Å². The molecule has 0 atom stereocenters. The summed E-state index contributed by atoms with van der Waals surface area (Å²) in [5, 5.41) is 2.50. The SMILES string of the molecule is CN(CC(=O)Nc1ccc(OC(F)(F)F)cc1)C(=O)/C=C/c1ccccc1. The molecule has 2 aromatic carbocycles. The van der Waals surface area contributed by atoms with E-state index in [9.17, 15) is 22.8 Å². The van der Waals surface area contributed by atoms with E-state index < -0.39 is 12.3 Å². The summed E-state index contributed by atoms with van der Waals surface area (Å²) in [6.45, 7) is -0.210. The van der Waals surface area contributed by atoms with Crippen LogP contribution in [0.2, 0.25) is 0 Å². The van der Waals surface area contributed by atoms with Gasteiger partial charge in [-0.05, 0) is 35.9 Å². The van der Waals surface area contributed by atoms with Gasteiger partial charge in [0.1, 0.15) is 5.75 Å². The summed E-state index contributed by atoms with van der Waals surface area (Å²) in [7, 11) is 1.47. The maximum Gasteiger partial charge on any atom is 0.573 e. The molecule has 0 fully saturated rings. The van der Waals surface area contributed by atoms with Gasteiger partial charge in [0.25, 0.3) is 0 Å². The van der Waals surface area contributed by atoms with Gasteiger partial charge < -0.3 is 15.0 Å². The van der Waals surface area contributed by atoms with Gasteiger partial charge in [-0.1, -0.05) is 30.3 Å². The molecule has 2 rings (SSSR count). The maximum atomic E-state index is 12.1. The zero-order valence-corrected chi connectivity index (χ0v) is 14.4. The summed E-state index contributed by atoms with van der Waals surface area (Å²) in [4.78, 5) is 25.2. The number of anilines is 1. The molecule has 0 saturated carbocycles. The van der Waals surface area contributed by atoms with Crippen molar-refractivity contribution in [3.8, 4) is 5.75 Å². The quantitative estimate of drug-likeness (QED) is 0.780.